The van der Waals surface area contributed by atoms with E-state index in [1.165, 1.54) is 25.7 Å². The third kappa shape index (κ3) is 6.62. The summed E-state index contributed by atoms with van der Waals surface area (Å²) in [6.07, 6.45) is 6.19. The van der Waals surface area contributed by atoms with Crippen molar-refractivity contribution in [1.82, 2.24) is 5.32 Å². The van der Waals surface area contributed by atoms with E-state index in [2.05, 4.69) is 19.2 Å². The molecule has 74 valence electrons. The average Bonchev–Trinajstić information content (AvgIpc) is 2.11. The van der Waals surface area contributed by atoms with Gasteiger partial charge in [-0.1, -0.05) is 33.1 Å². The van der Waals surface area contributed by atoms with Gasteiger partial charge in [0.15, 0.2) is 0 Å². The molecule has 0 aliphatic carbocycles. The molecular formula is C10H23NO. The summed E-state index contributed by atoms with van der Waals surface area (Å²) in [5.74, 6) is 0. The summed E-state index contributed by atoms with van der Waals surface area (Å²) < 4.78 is 0. The van der Waals surface area contributed by atoms with E-state index in [9.17, 15) is 0 Å². The monoisotopic (exact) mass is 173 g/mol. The van der Waals surface area contributed by atoms with E-state index in [0.717, 1.165) is 13.0 Å². The van der Waals surface area contributed by atoms with Crippen molar-refractivity contribution < 1.29 is 5.11 Å². The van der Waals surface area contributed by atoms with E-state index in [4.69, 9.17) is 5.11 Å². The molecule has 1 atom stereocenters. The highest BCUT2D eigenvalue weighted by Crippen LogP contribution is 1.98. The smallest absolute Gasteiger partial charge is 0.0584 e. The van der Waals surface area contributed by atoms with Gasteiger partial charge in [-0.3, -0.25) is 0 Å². The fourth-order valence-corrected chi connectivity index (χ4v) is 1.20. The SMILES string of the molecule is CCCCCCN[C@H](CC)CO. The minimum Gasteiger partial charge on any atom is -0.395 e. The van der Waals surface area contributed by atoms with Crippen LogP contribution >= 0.6 is 0 Å². The molecule has 0 unspecified atom stereocenters. The fraction of sp³-hybridized carbons (Fsp3) is 1.00. The Bertz CT molecular complexity index is 81.9. The number of rotatable bonds is 8. The Hall–Kier alpha value is -0.0800. The maximum Gasteiger partial charge on any atom is 0.0584 e. The lowest BCUT2D eigenvalue weighted by molar-refractivity contribution is 0.238. The molecule has 2 N–H and O–H groups in total. The number of nitrogens with one attached hydrogen (secondary N) is 1. The van der Waals surface area contributed by atoms with Crippen LogP contribution in [0.25, 0.3) is 0 Å². The molecule has 0 aromatic heterocycles. The summed E-state index contributed by atoms with van der Waals surface area (Å²) in [5, 5.41) is 12.2. The van der Waals surface area contributed by atoms with Gasteiger partial charge in [-0.25, -0.2) is 0 Å². The Labute approximate surface area is 76.4 Å². The maximum atomic E-state index is 8.87. The van der Waals surface area contributed by atoms with Crippen LogP contribution in [-0.4, -0.2) is 24.3 Å². The molecule has 0 rings (SSSR count). The van der Waals surface area contributed by atoms with Gasteiger partial charge in [0, 0.05) is 6.04 Å². The molecule has 0 aromatic rings. The summed E-state index contributed by atoms with van der Waals surface area (Å²) in [7, 11) is 0. The Kier molecular flexibility index (Phi) is 8.95. The van der Waals surface area contributed by atoms with Crippen LogP contribution in [0, 0.1) is 0 Å². The lowest BCUT2D eigenvalue weighted by Crippen LogP contribution is -2.32. The molecule has 0 amide bonds. The normalized spacial score (nSPS) is 13.2. The van der Waals surface area contributed by atoms with Gasteiger partial charge >= 0.3 is 0 Å². The third-order valence-electron chi connectivity index (χ3n) is 2.18. The van der Waals surface area contributed by atoms with Crippen molar-refractivity contribution in [3.63, 3.8) is 0 Å². The molecule has 0 saturated heterocycles. The van der Waals surface area contributed by atoms with Crippen LogP contribution in [0.1, 0.15) is 46.0 Å². The van der Waals surface area contributed by atoms with Crippen LogP contribution in [0.4, 0.5) is 0 Å². The predicted octanol–water partition coefficient (Wildman–Crippen LogP) is 1.93. The minimum atomic E-state index is 0.268. The van der Waals surface area contributed by atoms with Crippen molar-refractivity contribution >= 4 is 0 Å². The zero-order valence-electron chi connectivity index (χ0n) is 8.47. The van der Waals surface area contributed by atoms with E-state index in [1.807, 2.05) is 0 Å². The highest BCUT2D eigenvalue weighted by molar-refractivity contribution is 4.62. The van der Waals surface area contributed by atoms with Gasteiger partial charge in [0.25, 0.3) is 0 Å². The highest BCUT2D eigenvalue weighted by atomic mass is 16.3. The molecule has 0 saturated carbocycles. The zero-order valence-corrected chi connectivity index (χ0v) is 8.47. The van der Waals surface area contributed by atoms with Gasteiger partial charge in [0.1, 0.15) is 0 Å². The van der Waals surface area contributed by atoms with E-state index >= 15 is 0 Å². The molecule has 0 spiro atoms. The van der Waals surface area contributed by atoms with Crippen LogP contribution in [0.2, 0.25) is 0 Å². The van der Waals surface area contributed by atoms with E-state index in [1.54, 1.807) is 0 Å². The lowest BCUT2D eigenvalue weighted by atomic mass is 10.2. The number of aliphatic hydroxyl groups is 1. The van der Waals surface area contributed by atoms with E-state index < -0.39 is 0 Å². The summed E-state index contributed by atoms with van der Waals surface area (Å²) >= 11 is 0. The molecule has 0 fully saturated rings. The summed E-state index contributed by atoms with van der Waals surface area (Å²) in [4.78, 5) is 0. The first-order valence-corrected chi connectivity index (χ1v) is 5.19. The second-order valence-corrected chi connectivity index (χ2v) is 3.30. The number of hydrogen-bond donors (Lipinski definition) is 2. The quantitative estimate of drug-likeness (QED) is 0.550. The van der Waals surface area contributed by atoms with Crippen molar-refractivity contribution in [3.8, 4) is 0 Å². The fourth-order valence-electron chi connectivity index (χ4n) is 1.20. The standard InChI is InChI=1S/C10H23NO/c1-3-5-6-7-8-11-10(4-2)9-12/h10-12H,3-9H2,1-2H3/t10-/m1/s1. The van der Waals surface area contributed by atoms with Crippen LogP contribution < -0.4 is 5.32 Å². The second kappa shape index (κ2) is 9.01. The lowest BCUT2D eigenvalue weighted by Gasteiger charge is -2.13. The van der Waals surface area contributed by atoms with Crippen LogP contribution in [-0.2, 0) is 0 Å². The van der Waals surface area contributed by atoms with Gasteiger partial charge in [-0.2, -0.15) is 0 Å². The van der Waals surface area contributed by atoms with Crippen molar-refractivity contribution in [3.05, 3.63) is 0 Å². The molecule has 0 radical (unpaired) electrons. The number of aliphatic hydroxyl groups excluding tert-OH is 1. The topological polar surface area (TPSA) is 32.3 Å². The Morgan fingerprint density at radius 1 is 1.17 bits per heavy atom. The first-order chi connectivity index (χ1) is 5.85. The summed E-state index contributed by atoms with van der Waals surface area (Å²) in [6, 6.07) is 0.312. The second-order valence-electron chi connectivity index (χ2n) is 3.30. The minimum absolute atomic E-state index is 0.268. The molecule has 2 heteroatoms. The van der Waals surface area contributed by atoms with Crippen molar-refractivity contribution in [2.45, 2.75) is 52.0 Å². The summed E-state index contributed by atoms with van der Waals surface area (Å²) in [5.41, 5.74) is 0. The largest absolute Gasteiger partial charge is 0.395 e. The Morgan fingerprint density at radius 2 is 1.92 bits per heavy atom. The Morgan fingerprint density at radius 3 is 2.42 bits per heavy atom. The van der Waals surface area contributed by atoms with Gasteiger partial charge in [-0.05, 0) is 19.4 Å². The molecule has 0 bridgehead atoms. The van der Waals surface area contributed by atoms with Crippen molar-refractivity contribution in [2.24, 2.45) is 0 Å². The molecule has 2 nitrogen and oxygen atoms in total. The molecular weight excluding hydrogens is 150 g/mol. The first-order valence-electron chi connectivity index (χ1n) is 5.19. The van der Waals surface area contributed by atoms with Crippen LogP contribution in [0.5, 0.6) is 0 Å². The molecule has 0 aliphatic rings. The van der Waals surface area contributed by atoms with Gasteiger partial charge in [0.05, 0.1) is 6.61 Å². The number of hydrogen-bond acceptors (Lipinski definition) is 2. The first kappa shape index (κ1) is 11.9. The zero-order chi connectivity index (χ0) is 9.23. The predicted molar refractivity (Wildman–Crippen MR) is 53.3 cm³/mol. The summed E-state index contributed by atoms with van der Waals surface area (Å²) in [6.45, 7) is 5.64. The molecule has 0 aromatic carbocycles. The van der Waals surface area contributed by atoms with Crippen LogP contribution in [0.15, 0.2) is 0 Å². The molecule has 12 heavy (non-hydrogen) atoms. The highest BCUT2D eigenvalue weighted by Gasteiger charge is 2.00. The van der Waals surface area contributed by atoms with Crippen molar-refractivity contribution in [2.75, 3.05) is 13.2 Å². The van der Waals surface area contributed by atoms with Crippen molar-refractivity contribution in [1.29, 1.82) is 0 Å². The van der Waals surface area contributed by atoms with Gasteiger partial charge in [0.2, 0.25) is 0 Å². The maximum absolute atomic E-state index is 8.87. The molecule has 0 aliphatic heterocycles. The third-order valence-corrected chi connectivity index (χ3v) is 2.18. The number of unbranched alkanes of at least 4 members (excludes halogenated alkanes) is 3. The van der Waals surface area contributed by atoms with E-state index in [-0.39, 0.29) is 6.61 Å². The van der Waals surface area contributed by atoms with Crippen LogP contribution in [0.3, 0.4) is 0 Å². The van der Waals surface area contributed by atoms with E-state index in [0.29, 0.717) is 6.04 Å². The molecule has 0 heterocycles. The Balaban J connectivity index is 3.06. The average molecular weight is 173 g/mol. The van der Waals surface area contributed by atoms with Gasteiger partial charge in [-0.15, -0.1) is 0 Å². The van der Waals surface area contributed by atoms with Gasteiger partial charge < -0.3 is 10.4 Å².